The van der Waals surface area contributed by atoms with Crippen LogP contribution in [0.5, 0.6) is 0 Å². The van der Waals surface area contributed by atoms with Crippen molar-refractivity contribution in [3.63, 3.8) is 0 Å². The van der Waals surface area contributed by atoms with E-state index in [1.54, 1.807) is 46.0 Å². The summed E-state index contributed by atoms with van der Waals surface area (Å²) in [5, 5.41) is 16.8. The Balaban J connectivity index is 1.48. The van der Waals surface area contributed by atoms with Gasteiger partial charge in [0.25, 0.3) is 0 Å². The number of carbonyl (C=O) groups is 3. The molecular formula is C30H38FN5O4. The van der Waals surface area contributed by atoms with Crippen molar-refractivity contribution in [3.05, 3.63) is 42.0 Å². The molecular weight excluding hydrogens is 513 g/mol. The van der Waals surface area contributed by atoms with Gasteiger partial charge in [0.05, 0.1) is 12.3 Å². The number of ether oxygens (including phenoxy) is 1. The van der Waals surface area contributed by atoms with Crippen LogP contribution >= 0.6 is 0 Å². The van der Waals surface area contributed by atoms with Crippen molar-refractivity contribution >= 4 is 17.9 Å². The zero-order valence-electron chi connectivity index (χ0n) is 24.0. The van der Waals surface area contributed by atoms with Crippen molar-refractivity contribution in [2.75, 3.05) is 0 Å². The Hall–Kier alpha value is -3.74. The van der Waals surface area contributed by atoms with Crippen LogP contribution in [0, 0.1) is 29.0 Å². The summed E-state index contributed by atoms with van der Waals surface area (Å²) in [6, 6.07) is 4.94. The molecule has 9 nitrogen and oxygen atoms in total. The SMILES string of the molecule is CC(C)CC(=O)n1cc(-c2ccc([C@@H](C)[C@@H](C#N)NC(=O)[C@@H]3[C@H]4CC[C@H](C4)N3C(=O)OC(C)(C)C)c(F)c2)cn1. The molecule has 4 rings (SSSR count). The zero-order chi connectivity index (χ0) is 29.4. The van der Waals surface area contributed by atoms with E-state index in [0.717, 1.165) is 19.3 Å². The standard InChI is InChI=1S/C30H38FN5O4/c1-17(2)11-26(37)35-16-21(15-33-35)19-8-10-23(24(31)13-19)18(3)25(14-32)34-28(38)27-20-7-9-22(12-20)36(27)29(39)40-30(4,5)6/h8,10,13,15-18,20,22,25,27H,7,9,11-12H2,1-6H3,(H,34,38)/t18-,20+,22-,25-,27+/m1/s1. The van der Waals surface area contributed by atoms with Crippen molar-refractivity contribution in [3.8, 4) is 17.2 Å². The summed E-state index contributed by atoms with van der Waals surface area (Å²) < 4.78 is 22.2. The Kier molecular flexibility index (Phi) is 8.33. The number of nitrogens with zero attached hydrogens (tertiary/aromatic N) is 4. The van der Waals surface area contributed by atoms with Crippen LogP contribution in [-0.2, 0) is 9.53 Å². The lowest BCUT2D eigenvalue weighted by atomic mass is 9.91. The van der Waals surface area contributed by atoms with Crippen LogP contribution in [-0.4, -0.2) is 56.3 Å². The number of likely N-dealkylation sites (tertiary alicyclic amines) is 1. The summed E-state index contributed by atoms with van der Waals surface area (Å²) in [6.07, 6.45) is 5.27. The molecule has 10 heteroatoms. The van der Waals surface area contributed by atoms with E-state index in [2.05, 4.69) is 16.5 Å². The molecule has 214 valence electrons. The van der Waals surface area contributed by atoms with Crippen LogP contribution in [0.25, 0.3) is 11.1 Å². The molecule has 1 aromatic carbocycles. The second-order valence-electron chi connectivity index (χ2n) is 12.4. The number of amides is 2. The average molecular weight is 552 g/mol. The highest BCUT2D eigenvalue weighted by molar-refractivity contribution is 5.88. The molecule has 1 N–H and O–H groups in total. The highest BCUT2D eigenvalue weighted by Gasteiger charge is 2.52. The van der Waals surface area contributed by atoms with Gasteiger partial charge in [0.15, 0.2) is 0 Å². The van der Waals surface area contributed by atoms with Gasteiger partial charge in [0.1, 0.15) is 23.5 Å². The van der Waals surface area contributed by atoms with Gasteiger partial charge in [-0.25, -0.2) is 13.9 Å². The molecule has 5 atom stereocenters. The maximum Gasteiger partial charge on any atom is 0.411 e. The number of halogens is 1. The number of piperidine rings is 1. The lowest BCUT2D eigenvalue weighted by molar-refractivity contribution is -0.128. The maximum atomic E-state index is 15.3. The monoisotopic (exact) mass is 551 g/mol. The highest BCUT2D eigenvalue weighted by atomic mass is 19.1. The molecule has 1 aliphatic heterocycles. The third-order valence-corrected chi connectivity index (χ3v) is 7.64. The van der Waals surface area contributed by atoms with E-state index in [1.807, 2.05) is 13.8 Å². The zero-order valence-corrected chi connectivity index (χ0v) is 24.0. The molecule has 1 saturated heterocycles. The van der Waals surface area contributed by atoms with Crippen LogP contribution < -0.4 is 5.32 Å². The fourth-order valence-corrected chi connectivity index (χ4v) is 5.72. The Morgan fingerprint density at radius 1 is 1.20 bits per heavy atom. The predicted octanol–water partition coefficient (Wildman–Crippen LogP) is 5.28. The van der Waals surface area contributed by atoms with E-state index in [-0.39, 0.29) is 29.3 Å². The van der Waals surface area contributed by atoms with Gasteiger partial charge >= 0.3 is 6.09 Å². The number of hydrogen-bond acceptors (Lipinski definition) is 6. The van der Waals surface area contributed by atoms with E-state index < -0.39 is 41.4 Å². The topological polar surface area (TPSA) is 117 Å². The first-order valence-electron chi connectivity index (χ1n) is 13.9. The number of benzene rings is 1. The molecule has 0 unspecified atom stereocenters. The third-order valence-electron chi connectivity index (χ3n) is 7.64. The molecule has 1 aromatic heterocycles. The number of nitrogens with one attached hydrogen (secondary N) is 1. The van der Waals surface area contributed by atoms with Gasteiger partial charge in [0.2, 0.25) is 11.8 Å². The van der Waals surface area contributed by atoms with Crippen molar-refractivity contribution in [1.82, 2.24) is 20.0 Å². The van der Waals surface area contributed by atoms with Gasteiger partial charge in [-0.2, -0.15) is 10.4 Å². The quantitative estimate of drug-likeness (QED) is 0.501. The van der Waals surface area contributed by atoms with Crippen molar-refractivity contribution in [1.29, 1.82) is 5.26 Å². The molecule has 40 heavy (non-hydrogen) atoms. The van der Waals surface area contributed by atoms with Crippen LogP contribution in [0.4, 0.5) is 9.18 Å². The Morgan fingerprint density at radius 2 is 1.93 bits per heavy atom. The first kappa shape index (κ1) is 29.2. The van der Waals surface area contributed by atoms with E-state index in [1.165, 1.54) is 21.8 Å². The molecule has 2 heterocycles. The Labute approximate surface area is 234 Å². The van der Waals surface area contributed by atoms with E-state index in [4.69, 9.17) is 4.74 Å². The molecule has 2 fully saturated rings. The maximum absolute atomic E-state index is 15.3. The lowest BCUT2D eigenvalue weighted by Gasteiger charge is -2.36. The van der Waals surface area contributed by atoms with Crippen LogP contribution in [0.3, 0.4) is 0 Å². The van der Waals surface area contributed by atoms with Crippen molar-refractivity contribution < 1.29 is 23.5 Å². The minimum atomic E-state index is -1.01. The fourth-order valence-electron chi connectivity index (χ4n) is 5.72. The average Bonchev–Trinajstić information content (AvgIpc) is 3.61. The van der Waals surface area contributed by atoms with Gasteiger partial charge in [-0.1, -0.05) is 32.9 Å². The van der Waals surface area contributed by atoms with Crippen LogP contribution in [0.1, 0.15) is 83.5 Å². The van der Waals surface area contributed by atoms with E-state index in [0.29, 0.717) is 17.5 Å². The first-order valence-corrected chi connectivity index (χ1v) is 13.9. The minimum Gasteiger partial charge on any atom is -0.444 e. The summed E-state index contributed by atoms with van der Waals surface area (Å²) in [5.41, 5.74) is 0.717. The smallest absolute Gasteiger partial charge is 0.411 e. The molecule has 1 saturated carbocycles. The van der Waals surface area contributed by atoms with Gasteiger partial charge in [-0.15, -0.1) is 0 Å². The Bertz CT molecular complexity index is 1320. The number of fused-ring (bicyclic) bond motifs is 2. The number of aromatic nitrogens is 2. The lowest BCUT2D eigenvalue weighted by Crippen LogP contribution is -2.55. The van der Waals surface area contributed by atoms with E-state index in [9.17, 15) is 19.6 Å². The second kappa shape index (κ2) is 11.4. The van der Waals surface area contributed by atoms with Gasteiger partial charge in [0, 0.05) is 30.1 Å². The summed E-state index contributed by atoms with van der Waals surface area (Å²) in [6.45, 7) is 10.9. The van der Waals surface area contributed by atoms with Gasteiger partial charge in [-0.3, -0.25) is 14.5 Å². The number of hydrogen-bond donors (Lipinski definition) is 1. The molecule has 2 aliphatic rings. The molecule has 0 radical (unpaired) electrons. The van der Waals surface area contributed by atoms with Crippen LogP contribution in [0.2, 0.25) is 0 Å². The van der Waals surface area contributed by atoms with Gasteiger partial charge in [-0.05, 0) is 69.1 Å². The summed E-state index contributed by atoms with van der Waals surface area (Å²) >= 11 is 0. The first-order chi connectivity index (χ1) is 18.8. The molecule has 1 aliphatic carbocycles. The minimum absolute atomic E-state index is 0.00322. The van der Waals surface area contributed by atoms with Crippen LogP contribution in [0.15, 0.2) is 30.6 Å². The van der Waals surface area contributed by atoms with Gasteiger partial charge < -0.3 is 10.1 Å². The molecule has 2 bridgehead atoms. The summed E-state index contributed by atoms with van der Waals surface area (Å²) in [5.74, 6) is -1.57. The van der Waals surface area contributed by atoms with E-state index >= 15 is 4.39 Å². The summed E-state index contributed by atoms with van der Waals surface area (Å²) in [7, 11) is 0. The molecule has 2 aromatic rings. The highest BCUT2D eigenvalue weighted by Crippen LogP contribution is 2.43. The van der Waals surface area contributed by atoms with Crippen molar-refractivity contribution in [2.24, 2.45) is 11.8 Å². The Morgan fingerprint density at radius 3 is 2.55 bits per heavy atom. The third kappa shape index (κ3) is 6.19. The van der Waals surface area contributed by atoms with Crippen molar-refractivity contribution in [2.45, 2.75) is 96.9 Å². The fraction of sp³-hybridized carbons (Fsp3) is 0.567. The number of carbonyl (C=O) groups excluding carboxylic acids is 3. The second-order valence-corrected chi connectivity index (χ2v) is 12.4. The molecule has 0 spiro atoms. The summed E-state index contributed by atoms with van der Waals surface area (Å²) in [4.78, 5) is 40.2. The predicted molar refractivity (Wildman–Crippen MR) is 147 cm³/mol. The normalized spacial score (nSPS) is 21.7. The number of nitriles is 1. The number of rotatable bonds is 7. The largest absolute Gasteiger partial charge is 0.444 e. The molecule has 2 amide bonds.